The van der Waals surface area contributed by atoms with Gasteiger partial charge in [0.2, 0.25) is 0 Å². The Labute approximate surface area is 162 Å². The summed E-state index contributed by atoms with van der Waals surface area (Å²) in [7, 11) is 0. The van der Waals surface area contributed by atoms with Gasteiger partial charge in [0, 0.05) is 13.2 Å². The lowest BCUT2D eigenvalue weighted by molar-refractivity contribution is 0.282. The van der Waals surface area contributed by atoms with Gasteiger partial charge in [0.25, 0.3) is 0 Å². The molecule has 2 N–H and O–H groups in total. The maximum absolute atomic E-state index is 8.75. The van der Waals surface area contributed by atoms with Crippen LogP contribution in [0.2, 0.25) is 0 Å². The average Bonchev–Trinajstić information content (AvgIpc) is 2.67. The van der Waals surface area contributed by atoms with E-state index in [1.807, 2.05) is 0 Å². The Kier molecular flexibility index (Phi) is 15.6. The van der Waals surface area contributed by atoms with E-state index < -0.39 is 0 Å². The lowest BCUT2D eigenvalue weighted by atomic mass is 10.0. The van der Waals surface area contributed by atoms with Gasteiger partial charge in [-0.15, -0.1) is 0 Å². The normalized spacial score (nSPS) is 11.2. The van der Waals surface area contributed by atoms with Crippen LogP contribution < -0.4 is 0 Å². The first-order chi connectivity index (χ1) is 12.9. The number of aliphatic hydroxyl groups is 2. The fourth-order valence-corrected chi connectivity index (χ4v) is 3.52. The zero-order valence-electron chi connectivity index (χ0n) is 16.9. The number of aliphatic hydroxyl groups excluding tert-OH is 2. The van der Waals surface area contributed by atoms with Gasteiger partial charge >= 0.3 is 0 Å². The van der Waals surface area contributed by atoms with Crippen LogP contribution in [0.5, 0.6) is 0 Å². The van der Waals surface area contributed by atoms with Gasteiger partial charge in [-0.3, -0.25) is 0 Å². The maximum Gasteiger partial charge on any atom is 0.0431 e. The molecule has 0 aromatic heterocycles. The fraction of sp³-hybridized carbons (Fsp3) is 0.750. The lowest BCUT2D eigenvalue weighted by Crippen LogP contribution is -1.90. The van der Waals surface area contributed by atoms with Crippen LogP contribution in [-0.4, -0.2) is 23.4 Å². The highest BCUT2D eigenvalue weighted by Gasteiger charge is 1.98. The molecule has 0 fully saturated rings. The number of hydrogen-bond acceptors (Lipinski definition) is 2. The van der Waals surface area contributed by atoms with Crippen LogP contribution in [0, 0.1) is 0 Å². The van der Waals surface area contributed by atoms with Crippen molar-refractivity contribution in [1.82, 2.24) is 0 Å². The third-order valence-corrected chi connectivity index (χ3v) is 5.27. The number of aryl methyl sites for hydroxylation is 2. The van der Waals surface area contributed by atoms with Crippen LogP contribution in [0.1, 0.15) is 101 Å². The Bertz CT molecular complexity index is 360. The second-order valence-corrected chi connectivity index (χ2v) is 7.71. The van der Waals surface area contributed by atoms with E-state index in [0.717, 1.165) is 12.8 Å². The number of benzene rings is 1. The summed E-state index contributed by atoms with van der Waals surface area (Å²) in [6.07, 6.45) is 19.9. The second-order valence-electron chi connectivity index (χ2n) is 7.71. The summed E-state index contributed by atoms with van der Waals surface area (Å²) in [5, 5.41) is 17.5. The van der Waals surface area contributed by atoms with Crippen molar-refractivity contribution in [3.8, 4) is 0 Å². The minimum absolute atomic E-state index is 0.349. The molecule has 0 unspecified atom stereocenters. The summed E-state index contributed by atoms with van der Waals surface area (Å²) < 4.78 is 0. The molecule has 2 nitrogen and oxygen atoms in total. The van der Waals surface area contributed by atoms with Gasteiger partial charge in [-0.05, 0) is 49.7 Å². The molecule has 0 aliphatic carbocycles. The Balaban J connectivity index is 1.98. The van der Waals surface area contributed by atoms with Crippen molar-refractivity contribution in [2.75, 3.05) is 13.2 Å². The molecule has 0 saturated carbocycles. The zero-order chi connectivity index (χ0) is 18.7. The number of hydrogen-bond donors (Lipinski definition) is 2. The molecule has 1 aromatic carbocycles. The molecule has 150 valence electrons. The average molecular weight is 363 g/mol. The molecular weight excluding hydrogens is 320 g/mol. The molecule has 0 spiro atoms. The monoisotopic (exact) mass is 362 g/mol. The Morgan fingerprint density at radius 3 is 0.962 bits per heavy atom. The van der Waals surface area contributed by atoms with Crippen molar-refractivity contribution in [2.45, 2.75) is 103 Å². The summed E-state index contributed by atoms with van der Waals surface area (Å²) in [6, 6.07) is 9.30. The van der Waals surface area contributed by atoms with Crippen molar-refractivity contribution in [3.05, 3.63) is 35.4 Å². The van der Waals surface area contributed by atoms with Gasteiger partial charge in [-0.1, -0.05) is 88.5 Å². The third kappa shape index (κ3) is 13.4. The largest absolute Gasteiger partial charge is 0.396 e. The van der Waals surface area contributed by atoms with Crippen molar-refractivity contribution in [1.29, 1.82) is 0 Å². The minimum atomic E-state index is 0.349. The van der Waals surface area contributed by atoms with Crippen molar-refractivity contribution >= 4 is 0 Å². The highest BCUT2D eigenvalue weighted by Crippen LogP contribution is 2.14. The van der Waals surface area contributed by atoms with Gasteiger partial charge in [-0.25, -0.2) is 0 Å². The van der Waals surface area contributed by atoms with E-state index in [4.69, 9.17) is 10.2 Å². The maximum atomic E-state index is 8.75. The quantitative estimate of drug-likeness (QED) is 0.304. The molecule has 0 radical (unpaired) electrons. The number of unbranched alkanes of at least 4 members (excludes halogenated alkanes) is 12. The first kappa shape index (κ1) is 23.2. The third-order valence-electron chi connectivity index (χ3n) is 5.27. The Morgan fingerprint density at radius 2 is 0.654 bits per heavy atom. The molecule has 0 heterocycles. The van der Waals surface area contributed by atoms with Crippen molar-refractivity contribution < 1.29 is 10.2 Å². The van der Waals surface area contributed by atoms with Crippen LogP contribution in [0.4, 0.5) is 0 Å². The van der Waals surface area contributed by atoms with Crippen LogP contribution in [0.3, 0.4) is 0 Å². The van der Waals surface area contributed by atoms with Crippen LogP contribution >= 0.6 is 0 Å². The predicted molar refractivity (Wildman–Crippen MR) is 113 cm³/mol. The van der Waals surface area contributed by atoms with Crippen LogP contribution in [0.15, 0.2) is 24.3 Å². The minimum Gasteiger partial charge on any atom is -0.396 e. The molecule has 0 saturated heterocycles. The standard InChI is InChI=1S/C24H42O2/c25-21-13-9-5-1-3-7-11-15-23-17-19-24(20-18-23)16-12-8-4-2-6-10-14-22-26/h17-20,25-26H,1-16,21-22H2. The summed E-state index contributed by atoms with van der Waals surface area (Å²) in [5.74, 6) is 0. The van der Waals surface area contributed by atoms with E-state index in [-0.39, 0.29) is 0 Å². The molecule has 0 aliphatic rings. The summed E-state index contributed by atoms with van der Waals surface area (Å²) in [6.45, 7) is 0.697. The van der Waals surface area contributed by atoms with Gasteiger partial charge in [0.15, 0.2) is 0 Å². The Hall–Kier alpha value is -0.860. The van der Waals surface area contributed by atoms with E-state index >= 15 is 0 Å². The van der Waals surface area contributed by atoms with Gasteiger partial charge in [0.1, 0.15) is 0 Å². The van der Waals surface area contributed by atoms with Crippen molar-refractivity contribution in [3.63, 3.8) is 0 Å². The molecule has 0 aliphatic heterocycles. The van der Waals surface area contributed by atoms with E-state index in [2.05, 4.69) is 24.3 Å². The van der Waals surface area contributed by atoms with E-state index in [1.165, 1.54) is 101 Å². The molecular formula is C24H42O2. The first-order valence-electron chi connectivity index (χ1n) is 11.2. The van der Waals surface area contributed by atoms with Gasteiger partial charge < -0.3 is 10.2 Å². The highest BCUT2D eigenvalue weighted by molar-refractivity contribution is 5.22. The topological polar surface area (TPSA) is 40.5 Å². The second kappa shape index (κ2) is 17.5. The highest BCUT2D eigenvalue weighted by atomic mass is 16.3. The smallest absolute Gasteiger partial charge is 0.0431 e. The van der Waals surface area contributed by atoms with E-state index in [0.29, 0.717) is 13.2 Å². The first-order valence-corrected chi connectivity index (χ1v) is 11.2. The summed E-state index contributed by atoms with van der Waals surface area (Å²) >= 11 is 0. The Morgan fingerprint density at radius 1 is 0.385 bits per heavy atom. The molecule has 2 heteroatoms. The van der Waals surface area contributed by atoms with Gasteiger partial charge in [-0.2, -0.15) is 0 Å². The summed E-state index contributed by atoms with van der Waals surface area (Å²) in [4.78, 5) is 0. The van der Waals surface area contributed by atoms with Crippen molar-refractivity contribution in [2.24, 2.45) is 0 Å². The predicted octanol–water partition coefficient (Wildman–Crippen LogP) is 6.22. The SMILES string of the molecule is OCCCCCCCCCc1ccc(CCCCCCCCCO)cc1. The van der Waals surface area contributed by atoms with E-state index in [9.17, 15) is 0 Å². The fourth-order valence-electron chi connectivity index (χ4n) is 3.52. The zero-order valence-corrected chi connectivity index (χ0v) is 16.9. The van der Waals surface area contributed by atoms with Crippen LogP contribution in [-0.2, 0) is 12.8 Å². The lowest BCUT2D eigenvalue weighted by Gasteiger charge is -2.05. The van der Waals surface area contributed by atoms with E-state index in [1.54, 1.807) is 0 Å². The molecule has 26 heavy (non-hydrogen) atoms. The summed E-state index contributed by atoms with van der Waals surface area (Å²) in [5.41, 5.74) is 2.97. The van der Waals surface area contributed by atoms with Gasteiger partial charge in [0.05, 0.1) is 0 Å². The van der Waals surface area contributed by atoms with Crippen LogP contribution in [0.25, 0.3) is 0 Å². The molecule has 1 aromatic rings. The molecule has 0 amide bonds. The number of rotatable bonds is 18. The molecule has 0 atom stereocenters. The molecule has 1 rings (SSSR count). The molecule has 0 bridgehead atoms.